The SMILES string of the molecule is Cc1ccc(F)cc1C(=O)NCc1nn[nH]n1. The van der Waals surface area contributed by atoms with Crippen molar-refractivity contribution in [3.8, 4) is 0 Å². The summed E-state index contributed by atoms with van der Waals surface area (Å²) in [6.07, 6.45) is 0. The molecule has 0 aliphatic carbocycles. The zero-order valence-corrected chi connectivity index (χ0v) is 9.07. The van der Waals surface area contributed by atoms with Gasteiger partial charge < -0.3 is 5.32 Å². The van der Waals surface area contributed by atoms with Crippen molar-refractivity contribution in [2.45, 2.75) is 13.5 Å². The van der Waals surface area contributed by atoms with E-state index in [-0.39, 0.29) is 12.5 Å². The minimum atomic E-state index is -0.444. The molecule has 0 radical (unpaired) electrons. The van der Waals surface area contributed by atoms with Gasteiger partial charge in [-0.05, 0) is 24.6 Å². The highest BCUT2D eigenvalue weighted by Gasteiger charge is 2.10. The van der Waals surface area contributed by atoms with Gasteiger partial charge in [0, 0.05) is 5.56 Å². The van der Waals surface area contributed by atoms with Crippen LogP contribution in [0.25, 0.3) is 0 Å². The van der Waals surface area contributed by atoms with Crippen molar-refractivity contribution in [2.24, 2.45) is 0 Å². The molecule has 0 bridgehead atoms. The van der Waals surface area contributed by atoms with Gasteiger partial charge >= 0.3 is 0 Å². The first kappa shape index (κ1) is 11.2. The van der Waals surface area contributed by atoms with Crippen molar-refractivity contribution in [1.82, 2.24) is 25.9 Å². The molecule has 0 saturated heterocycles. The lowest BCUT2D eigenvalue weighted by Crippen LogP contribution is -2.24. The summed E-state index contributed by atoms with van der Waals surface area (Å²) in [5, 5.41) is 15.6. The summed E-state index contributed by atoms with van der Waals surface area (Å²) in [5.74, 6) is -0.445. The van der Waals surface area contributed by atoms with Gasteiger partial charge in [-0.3, -0.25) is 4.79 Å². The summed E-state index contributed by atoms with van der Waals surface area (Å²) >= 11 is 0. The van der Waals surface area contributed by atoms with Crippen LogP contribution in [-0.2, 0) is 6.54 Å². The van der Waals surface area contributed by atoms with Gasteiger partial charge in [0.2, 0.25) is 0 Å². The van der Waals surface area contributed by atoms with Crippen LogP contribution in [0.5, 0.6) is 0 Å². The Labute approximate surface area is 96.2 Å². The maximum absolute atomic E-state index is 13.0. The number of H-pyrrole nitrogens is 1. The number of amides is 1. The van der Waals surface area contributed by atoms with E-state index >= 15 is 0 Å². The van der Waals surface area contributed by atoms with Crippen LogP contribution < -0.4 is 5.32 Å². The highest BCUT2D eigenvalue weighted by atomic mass is 19.1. The van der Waals surface area contributed by atoms with Crippen LogP contribution >= 0.6 is 0 Å². The molecule has 2 rings (SSSR count). The van der Waals surface area contributed by atoms with Crippen molar-refractivity contribution in [3.05, 3.63) is 41.0 Å². The van der Waals surface area contributed by atoms with E-state index in [2.05, 4.69) is 25.9 Å². The average molecular weight is 235 g/mol. The zero-order valence-electron chi connectivity index (χ0n) is 9.07. The predicted octanol–water partition coefficient (Wildman–Crippen LogP) is 0.577. The van der Waals surface area contributed by atoms with Crippen LogP contribution in [0.4, 0.5) is 4.39 Å². The molecule has 17 heavy (non-hydrogen) atoms. The Kier molecular flexibility index (Phi) is 3.08. The Morgan fingerprint density at radius 1 is 1.53 bits per heavy atom. The molecule has 0 aliphatic heterocycles. The van der Waals surface area contributed by atoms with E-state index < -0.39 is 5.82 Å². The second-order valence-electron chi connectivity index (χ2n) is 3.47. The molecule has 0 fully saturated rings. The number of rotatable bonds is 3. The van der Waals surface area contributed by atoms with Gasteiger partial charge in [-0.25, -0.2) is 4.39 Å². The van der Waals surface area contributed by atoms with E-state index in [0.717, 1.165) is 0 Å². The molecule has 1 amide bonds. The monoisotopic (exact) mass is 235 g/mol. The number of aromatic nitrogens is 4. The fraction of sp³-hybridized carbons (Fsp3) is 0.200. The zero-order chi connectivity index (χ0) is 12.3. The summed E-state index contributed by atoms with van der Waals surface area (Å²) in [7, 11) is 0. The number of nitrogens with one attached hydrogen (secondary N) is 2. The quantitative estimate of drug-likeness (QED) is 0.815. The van der Waals surface area contributed by atoms with Crippen molar-refractivity contribution in [3.63, 3.8) is 0 Å². The normalized spacial score (nSPS) is 10.2. The van der Waals surface area contributed by atoms with E-state index in [9.17, 15) is 9.18 Å². The number of carbonyl (C=O) groups excluding carboxylic acids is 1. The summed E-state index contributed by atoms with van der Waals surface area (Å²) in [4.78, 5) is 11.7. The molecular weight excluding hydrogens is 225 g/mol. The Bertz CT molecular complexity index is 525. The van der Waals surface area contributed by atoms with E-state index in [1.165, 1.54) is 12.1 Å². The summed E-state index contributed by atoms with van der Waals surface area (Å²) in [6.45, 7) is 1.88. The van der Waals surface area contributed by atoms with Gasteiger partial charge in [-0.1, -0.05) is 11.3 Å². The first-order chi connectivity index (χ1) is 8.16. The fourth-order valence-electron chi connectivity index (χ4n) is 1.35. The topological polar surface area (TPSA) is 83.6 Å². The van der Waals surface area contributed by atoms with Gasteiger partial charge in [0.05, 0.1) is 6.54 Å². The van der Waals surface area contributed by atoms with Crippen molar-refractivity contribution < 1.29 is 9.18 Å². The maximum atomic E-state index is 13.0. The molecule has 1 aromatic heterocycles. The molecule has 0 spiro atoms. The average Bonchev–Trinajstić information content (AvgIpc) is 2.82. The van der Waals surface area contributed by atoms with Crippen LogP contribution in [0.15, 0.2) is 18.2 Å². The number of aromatic amines is 1. The Balaban J connectivity index is 2.07. The highest BCUT2D eigenvalue weighted by molar-refractivity contribution is 5.95. The van der Waals surface area contributed by atoms with Crippen LogP contribution in [0, 0.1) is 12.7 Å². The van der Waals surface area contributed by atoms with Gasteiger partial charge in [-0.2, -0.15) is 5.21 Å². The first-order valence-corrected chi connectivity index (χ1v) is 4.93. The van der Waals surface area contributed by atoms with Crippen molar-refractivity contribution in [2.75, 3.05) is 0 Å². The van der Waals surface area contributed by atoms with Gasteiger partial charge in [0.15, 0.2) is 5.82 Å². The number of hydrogen-bond acceptors (Lipinski definition) is 4. The third-order valence-electron chi connectivity index (χ3n) is 2.24. The van der Waals surface area contributed by atoms with Crippen LogP contribution in [-0.4, -0.2) is 26.5 Å². The Morgan fingerprint density at radius 3 is 3.06 bits per heavy atom. The summed E-state index contributed by atoms with van der Waals surface area (Å²) in [6, 6.07) is 4.06. The number of hydrogen-bond donors (Lipinski definition) is 2. The molecule has 0 unspecified atom stereocenters. The number of nitrogens with zero attached hydrogens (tertiary/aromatic N) is 3. The molecule has 88 valence electrons. The largest absolute Gasteiger partial charge is 0.345 e. The Morgan fingerprint density at radius 2 is 2.35 bits per heavy atom. The van der Waals surface area contributed by atoms with E-state index in [1.807, 2.05) is 0 Å². The van der Waals surface area contributed by atoms with Crippen LogP contribution in [0.3, 0.4) is 0 Å². The minimum absolute atomic E-state index is 0.144. The highest BCUT2D eigenvalue weighted by Crippen LogP contribution is 2.10. The smallest absolute Gasteiger partial charge is 0.252 e. The second kappa shape index (κ2) is 4.69. The number of benzene rings is 1. The van der Waals surface area contributed by atoms with Crippen molar-refractivity contribution >= 4 is 5.91 Å². The third-order valence-corrected chi connectivity index (χ3v) is 2.24. The molecule has 0 saturated carbocycles. The first-order valence-electron chi connectivity index (χ1n) is 4.93. The number of tetrazole rings is 1. The third kappa shape index (κ3) is 2.63. The lowest BCUT2D eigenvalue weighted by Gasteiger charge is -2.05. The number of halogens is 1. The fourth-order valence-corrected chi connectivity index (χ4v) is 1.35. The molecule has 0 atom stereocenters. The standard InChI is InChI=1S/C10H10FN5O/c1-6-2-3-7(11)4-8(6)10(17)12-5-9-13-15-16-14-9/h2-4H,5H2,1H3,(H,12,17)(H,13,14,15,16). The molecule has 2 N–H and O–H groups in total. The molecule has 1 heterocycles. The second-order valence-corrected chi connectivity index (χ2v) is 3.47. The summed E-state index contributed by atoms with van der Waals surface area (Å²) < 4.78 is 13.0. The lowest BCUT2D eigenvalue weighted by molar-refractivity contribution is 0.0949. The molecule has 0 aliphatic rings. The van der Waals surface area contributed by atoms with Gasteiger partial charge in [-0.15, -0.1) is 10.2 Å². The molecule has 2 aromatic rings. The number of aryl methyl sites for hydroxylation is 1. The minimum Gasteiger partial charge on any atom is -0.345 e. The van der Waals surface area contributed by atoms with E-state index in [1.54, 1.807) is 13.0 Å². The molecule has 6 nitrogen and oxygen atoms in total. The molecule has 1 aromatic carbocycles. The van der Waals surface area contributed by atoms with Crippen LogP contribution in [0.2, 0.25) is 0 Å². The lowest BCUT2D eigenvalue weighted by atomic mass is 10.1. The molecular formula is C10H10FN5O. The maximum Gasteiger partial charge on any atom is 0.252 e. The summed E-state index contributed by atoms with van der Waals surface area (Å²) in [5.41, 5.74) is 1.01. The Hall–Kier alpha value is -2.31. The van der Waals surface area contributed by atoms with E-state index in [4.69, 9.17) is 0 Å². The van der Waals surface area contributed by atoms with Crippen LogP contribution in [0.1, 0.15) is 21.7 Å². The molecule has 7 heteroatoms. The van der Waals surface area contributed by atoms with E-state index in [0.29, 0.717) is 17.0 Å². The van der Waals surface area contributed by atoms with Crippen molar-refractivity contribution in [1.29, 1.82) is 0 Å². The van der Waals surface area contributed by atoms with Gasteiger partial charge in [0.1, 0.15) is 5.82 Å². The predicted molar refractivity (Wildman–Crippen MR) is 56.5 cm³/mol. The van der Waals surface area contributed by atoms with Gasteiger partial charge in [0.25, 0.3) is 5.91 Å². The number of carbonyl (C=O) groups is 1.